The van der Waals surface area contributed by atoms with Gasteiger partial charge in [-0.2, -0.15) is 0 Å². The van der Waals surface area contributed by atoms with Crippen LogP contribution in [0.1, 0.15) is 43.2 Å². The molecule has 158 valence electrons. The predicted octanol–water partition coefficient (Wildman–Crippen LogP) is 6.30. The topological polar surface area (TPSA) is 29.7 Å². The van der Waals surface area contributed by atoms with Crippen LogP contribution in [0, 0.1) is 26.2 Å². The van der Waals surface area contributed by atoms with E-state index in [1.165, 1.54) is 38.7 Å². The van der Waals surface area contributed by atoms with Gasteiger partial charge in [-0.1, -0.05) is 44.5 Å². The van der Waals surface area contributed by atoms with Crippen LogP contribution in [0.2, 0.25) is 0 Å². The Morgan fingerprint density at radius 1 is 0.871 bits per heavy atom. The van der Waals surface area contributed by atoms with E-state index in [4.69, 9.17) is 0 Å². The lowest BCUT2D eigenvalue weighted by Gasteiger charge is -2.17. The van der Waals surface area contributed by atoms with Crippen LogP contribution in [0.5, 0.6) is 0 Å². The van der Waals surface area contributed by atoms with Crippen molar-refractivity contribution in [3.05, 3.63) is 77.4 Å². The third-order valence-electron chi connectivity index (χ3n) is 5.89. The molecule has 0 unspecified atom stereocenters. The van der Waals surface area contributed by atoms with E-state index in [1.807, 2.05) is 12.4 Å². The molecule has 0 aliphatic heterocycles. The molecule has 2 aromatic heterocycles. The first-order valence-corrected chi connectivity index (χ1v) is 10.9. The molecule has 0 amide bonds. The first kappa shape index (κ1) is 21.2. The Hall–Kier alpha value is -3.07. The lowest BCUT2D eigenvalue weighted by atomic mass is 9.91. The van der Waals surface area contributed by atoms with E-state index in [9.17, 15) is 0 Å². The molecular weight excluding hydrogens is 378 g/mol. The second-order valence-electron chi connectivity index (χ2n) is 10.00. The lowest BCUT2D eigenvalue weighted by molar-refractivity contribution is -0.659. The van der Waals surface area contributed by atoms with E-state index >= 15 is 0 Å². The number of hydrogen-bond acceptors (Lipinski definition) is 2. The molecule has 0 N–H and O–H groups in total. The number of pyridine rings is 1. The summed E-state index contributed by atoms with van der Waals surface area (Å²) >= 11 is 0. The summed E-state index contributed by atoms with van der Waals surface area (Å²) in [5.41, 5.74) is 9.75. The highest BCUT2D eigenvalue weighted by atomic mass is 14.9. The molecule has 0 atom stereocenters. The summed E-state index contributed by atoms with van der Waals surface area (Å²) < 4.78 is 2.23. The minimum Gasteiger partial charge on any atom is -0.257 e. The molecule has 4 rings (SSSR count). The predicted molar refractivity (Wildman–Crippen MR) is 129 cm³/mol. The van der Waals surface area contributed by atoms with Crippen LogP contribution < -0.4 is 4.57 Å². The summed E-state index contributed by atoms with van der Waals surface area (Å²) in [4.78, 5) is 9.34. The molecule has 0 saturated heterocycles. The van der Waals surface area contributed by atoms with Gasteiger partial charge in [0, 0.05) is 28.8 Å². The Balaban J connectivity index is 1.72. The van der Waals surface area contributed by atoms with Gasteiger partial charge in [0.05, 0.1) is 17.6 Å². The van der Waals surface area contributed by atoms with E-state index in [1.54, 1.807) is 0 Å². The van der Waals surface area contributed by atoms with E-state index < -0.39 is 0 Å². The maximum Gasteiger partial charge on any atom is 0.213 e. The molecule has 0 fully saturated rings. The molecule has 3 nitrogen and oxygen atoms in total. The number of fused-ring (bicyclic) bond motifs is 1. The SMILES string of the molecule is Cc1cc(C)c(C)c(-c2cc3ccc(-c4cnc(CC(C)(C)C)cn4)cc3c[n+]2C)c1. The van der Waals surface area contributed by atoms with Crippen LogP contribution >= 0.6 is 0 Å². The summed E-state index contributed by atoms with van der Waals surface area (Å²) in [6.07, 6.45) is 6.95. The van der Waals surface area contributed by atoms with Crippen molar-refractivity contribution < 1.29 is 4.57 Å². The van der Waals surface area contributed by atoms with Crippen molar-refractivity contribution >= 4 is 10.8 Å². The van der Waals surface area contributed by atoms with Gasteiger partial charge in [0.1, 0.15) is 7.05 Å². The van der Waals surface area contributed by atoms with Gasteiger partial charge in [0.2, 0.25) is 5.69 Å². The average molecular weight is 411 g/mol. The van der Waals surface area contributed by atoms with Gasteiger partial charge in [-0.15, -0.1) is 0 Å². The van der Waals surface area contributed by atoms with Crippen LogP contribution in [-0.4, -0.2) is 9.97 Å². The quantitative estimate of drug-likeness (QED) is 0.371. The molecule has 0 aliphatic carbocycles. The highest BCUT2D eigenvalue weighted by Crippen LogP contribution is 2.29. The third-order valence-corrected chi connectivity index (χ3v) is 5.89. The Kier molecular flexibility index (Phi) is 5.38. The molecule has 0 radical (unpaired) electrons. The normalized spacial score (nSPS) is 11.8. The van der Waals surface area contributed by atoms with Crippen LogP contribution in [0.15, 0.2) is 55.0 Å². The number of rotatable bonds is 3. The summed E-state index contributed by atoms with van der Waals surface area (Å²) in [6.45, 7) is 13.2. The second-order valence-corrected chi connectivity index (χ2v) is 10.00. The number of aryl methyl sites for hydroxylation is 3. The third kappa shape index (κ3) is 4.51. The van der Waals surface area contributed by atoms with Crippen molar-refractivity contribution in [3.8, 4) is 22.5 Å². The Labute approximate surface area is 185 Å². The highest BCUT2D eigenvalue weighted by molar-refractivity contribution is 5.88. The summed E-state index contributed by atoms with van der Waals surface area (Å²) in [5.74, 6) is 0. The average Bonchev–Trinajstić information content (AvgIpc) is 2.69. The maximum atomic E-state index is 4.69. The highest BCUT2D eigenvalue weighted by Gasteiger charge is 2.17. The van der Waals surface area contributed by atoms with Gasteiger partial charge < -0.3 is 0 Å². The summed E-state index contributed by atoms with van der Waals surface area (Å²) in [7, 11) is 2.12. The van der Waals surface area contributed by atoms with Crippen LogP contribution in [0.3, 0.4) is 0 Å². The molecule has 31 heavy (non-hydrogen) atoms. The van der Waals surface area contributed by atoms with Gasteiger partial charge >= 0.3 is 0 Å². The Morgan fingerprint density at radius 3 is 2.32 bits per heavy atom. The van der Waals surface area contributed by atoms with E-state index in [0.717, 1.165) is 23.4 Å². The molecular formula is C28H32N3+. The first-order valence-electron chi connectivity index (χ1n) is 10.9. The standard InChI is InChI=1S/C28H32N3/c1-18-10-19(2)20(3)25(11-18)27-13-21-8-9-22(12-23(21)17-31(27)7)26-16-29-24(15-30-26)14-28(4,5)6/h8-13,15-17H,14H2,1-7H3/q+1. The van der Waals surface area contributed by atoms with Crippen molar-refractivity contribution in [2.24, 2.45) is 12.5 Å². The summed E-state index contributed by atoms with van der Waals surface area (Å²) in [5, 5.41) is 2.43. The largest absolute Gasteiger partial charge is 0.257 e. The van der Waals surface area contributed by atoms with Crippen LogP contribution in [-0.2, 0) is 13.5 Å². The zero-order valence-electron chi connectivity index (χ0n) is 19.7. The molecule has 0 aliphatic rings. The number of benzene rings is 2. The van der Waals surface area contributed by atoms with Gasteiger partial charge in [0.15, 0.2) is 6.20 Å². The monoisotopic (exact) mass is 410 g/mol. The van der Waals surface area contributed by atoms with Gasteiger partial charge in [-0.3, -0.25) is 9.97 Å². The Morgan fingerprint density at radius 2 is 1.65 bits per heavy atom. The van der Waals surface area contributed by atoms with E-state index in [0.29, 0.717) is 0 Å². The van der Waals surface area contributed by atoms with Crippen LogP contribution in [0.4, 0.5) is 0 Å². The van der Waals surface area contributed by atoms with Gasteiger partial charge in [-0.05, 0) is 61.3 Å². The molecule has 0 spiro atoms. The first-order chi connectivity index (χ1) is 14.6. The fraction of sp³-hybridized carbons (Fsp3) is 0.321. The van der Waals surface area contributed by atoms with Crippen molar-refractivity contribution in [2.75, 3.05) is 0 Å². The maximum absolute atomic E-state index is 4.69. The summed E-state index contributed by atoms with van der Waals surface area (Å²) in [6, 6.07) is 13.4. The minimum atomic E-state index is 0.208. The van der Waals surface area contributed by atoms with E-state index in [-0.39, 0.29) is 5.41 Å². The number of aromatic nitrogens is 3. The van der Waals surface area contributed by atoms with Crippen molar-refractivity contribution in [3.63, 3.8) is 0 Å². The van der Waals surface area contributed by atoms with Crippen molar-refractivity contribution in [1.29, 1.82) is 0 Å². The molecule has 0 bridgehead atoms. The second kappa shape index (κ2) is 7.88. The Bertz CT molecular complexity index is 1260. The molecule has 3 heteroatoms. The number of hydrogen-bond donors (Lipinski definition) is 0. The van der Waals surface area contributed by atoms with Gasteiger partial charge in [-0.25, -0.2) is 4.57 Å². The lowest BCUT2D eigenvalue weighted by Crippen LogP contribution is -2.30. The molecule has 2 aromatic carbocycles. The van der Waals surface area contributed by atoms with Crippen LogP contribution in [0.25, 0.3) is 33.3 Å². The number of nitrogens with zero attached hydrogens (tertiary/aromatic N) is 3. The fourth-order valence-electron chi connectivity index (χ4n) is 4.22. The van der Waals surface area contributed by atoms with E-state index in [2.05, 4.69) is 106 Å². The fourth-order valence-corrected chi connectivity index (χ4v) is 4.22. The van der Waals surface area contributed by atoms with Gasteiger partial charge in [0.25, 0.3) is 0 Å². The van der Waals surface area contributed by atoms with Crippen molar-refractivity contribution in [2.45, 2.75) is 48.0 Å². The molecule has 0 saturated carbocycles. The van der Waals surface area contributed by atoms with Crippen molar-refractivity contribution in [1.82, 2.24) is 9.97 Å². The zero-order chi connectivity index (χ0) is 22.3. The zero-order valence-corrected chi connectivity index (χ0v) is 19.7. The molecule has 2 heterocycles. The molecule has 4 aromatic rings. The smallest absolute Gasteiger partial charge is 0.213 e. The minimum absolute atomic E-state index is 0.208.